The Hall–Kier alpha value is -3.70. The molecule has 0 saturated heterocycles. The van der Waals surface area contributed by atoms with Gasteiger partial charge in [0.05, 0.1) is 36.5 Å². The highest BCUT2D eigenvalue weighted by molar-refractivity contribution is 7.88. The Labute approximate surface area is 201 Å². The minimum atomic E-state index is -6.33. The summed E-state index contributed by atoms with van der Waals surface area (Å²) in [6.45, 7) is 0. The van der Waals surface area contributed by atoms with Gasteiger partial charge in [-0.25, -0.2) is 9.59 Å². The fraction of sp³-hybridized carbons (Fsp3) is 0.263. The first-order valence-electron chi connectivity index (χ1n) is 8.94. The molecule has 0 aliphatic carbocycles. The number of carbonyl (C=O) groups is 2. The van der Waals surface area contributed by atoms with Crippen LogP contribution in [0.4, 0.5) is 39.5 Å². The van der Waals surface area contributed by atoms with Crippen molar-refractivity contribution in [3.8, 4) is 11.5 Å². The molecule has 0 heterocycles. The molecule has 0 spiro atoms. The average Bonchev–Trinajstić information content (AvgIpc) is 2.75. The summed E-state index contributed by atoms with van der Waals surface area (Å²) >= 11 is 0. The highest BCUT2D eigenvalue weighted by Crippen LogP contribution is 2.39. The molecule has 2 aromatic carbocycles. The summed E-state index contributed by atoms with van der Waals surface area (Å²) in [5.41, 5.74) is -9.68. The number of esters is 2. The second-order valence-corrected chi connectivity index (χ2v) is 7.94. The largest absolute Gasteiger partial charge is 0.534 e. The molecule has 0 bridgehead atoms. The van der Waals surface area contributed by atoms with Gasteiger partial charge in [0.25, 0.3) is 0 Å². The molecule has 206 valence electrons. The summed E-state index contributed by atoms with van der Waals surface area (Å²) < 4.78 is 145. The third-order valence-electron chi connectivity index (χ3n) is 3.92. The molecule has 2 rings (SSSR count). The Morgan fingerprint density at radius 1 is 0.730 bits per heavy atom. The van der Waals surface area contributed by atoms with Gasteiger partial charge in [-0.15, -0.1) is 0 Å². The topological polar surface area (TPSA) is 116 Å². The van der Waals surface area contributed by atoms with E-state index in [0.717, 1.165) is 20.3 Å². The molecule has 0 radical (unpaired) electrons. The van der Waals surface area contributed by atoms with E-state index in [1.165, 1.54) is 0 Å². The van der Waals surface area contributed by atoms with Gasteiger partial charge in [0.1, 0.15) is 5.75 Å². The van der Waals surface area contributed by atoms with Crippen LogP contribution in [0.3, 0.4) is 0 Å². The molecule has 0 aliphatic heterocycles. The van der Waals surface area contributed by atoms with E-state index in [9.17, 15) is 57.5 Å². The van der Waals surface area contributed by atoms with Crippen LogP contribution in [0.15, 0.2) is 36.4 Å². The predicted octanol–water partition coefficient (Wildman–Crippen LogP) is 4.92. The van der Waals surface area contributed by atoms with Crippen molar-refractivity contribution in [2.24, 2.45) is 0 Å². The SMILES string of the molecule is COC(=O)c1ccc(C(F)(F)F)c(O)c1.COC(=O)c1ccc(C(F)(F)F)c(OS(=O)(=O)C(F)(F)F)c1. The normalized spacial score (nSPS) is 12.2. The molecule has 18 heteroatoms. The van der Waals surface area contributed by atoms with Crippen LogP contribution in [0, 0.1) is 0 Å². The molecular formula is C19H13F9O8S. The van der Waals surface area contributed by atoms with E-state index in [0.29, 0.717) is 18.2 Å². The van der Waals surface area contributed by atoms with Gasteiger partial charge >= 0.3 is 39.9 Å². The summed E-state index contributed by atoms with van der Waals surface area (Å²) in [5.74, 6) is -4.68. The minimum absolute atomic E-state index is 0.136. The minimum Gasteiger partial charge on any atom is -0.507 e. The second kappa shape index (κ2) is 11.1. The van der Waals surface area contributed by atoms with Gasteiger partial charge in [0.2, 0.25) is 0 Å². The van der Waals surface area contributed by atoms with E-state index in [-0.39, 0.29) is 17.7 Å². The molecule has 37 heavy (non-hydrogen) atoms. The van der Waals surface area contributed by atoms with Crippen molar-refractivity contribution in [1.29, 1.82) is 0 Å². The van der Waals surface area contributed by atoms with Crippen LogP contribution in [0.25, 0.3) is 0 Å². The number of halogens is 9. The molecule has 0 atom stereocenters. The number of hydrogen-bond acceptors (Lipinski definition) is 8. The standard InChI is InChI=1S/C10H6F6O5S.C9H7F3O3/c1-20-8(17)5-2-3-6(9(11,12)13)7(4-5)21-22(18,19)10(14,15)16;1-15-8(14)5-2-3-6(7(13)4-5)9(10,11)12/h2-4H,1H3;2-4,13H,1H3. The Morgan fingerprint density at radius 3 is 1.49 bits per heavy atom. The van der Waals surface area contributed by atoms with E-state index < -0.39 is 68.1 Å². The lowest BCUT2D eigenvalue weighted by molar-refractivity contribution is -0.139. The van der Waals surface area contributed by atoms with E-state index in [4.69, 9.17) is 5.11 Å². The monoisotopic (exact) mass is 572 g/mol. The van der Waals surface area contributed by atoms with Crippen LogP contribution in [0.5, 0.6) is 11.5 Å². The van der Waals surface area contributed by atoms with Gasteiger partial charge in [-0.1, -0.05) is 0 Å². The van der Waals surface area contributed by atoms with Crippen molar-refractivity contribution in [3.63, 3.8) is 0 Å². The molecule has 8 nitrogen and oxygen atoms in total. The molecule has 0 amide bonds. The molecule has 1 N–H and O–H groups in total. The summed E-state index contributed by atoms with van der Waals surface area (Å²) in [6.07, 6.45) is -9.84. The van der Waals surface area contributed by atoms with E-state index in [1.807, 2.05) is 0 Å². The maximum atomic E-state index is 12.7. The average molecular weight is 572 g/mol. The number of benzene rings is 2. The van der Waals surface area contributed by atoms with Gasteiger partial charge in [0.15, 0.2) is 5.75 Å². The number of aromatic hydroxyl groups is 1. The Morgan fingerprint density at radius 2 is 1.14 bits per heavy atom. The van der Waals surface area contributed by atoms with Crippen molar-refractivity contribution in [1.82, 2.24) is 0 Å². The van der Waals surface area contributed by atoms with Crippen molar-refractivity contribution in [3.05, 3.63) is 58.7 Å². The van der Waals surface area contributed by atoms with Crippen molar-refractivity contribution in [2.45, 2.75) is 17.9 Å². The summed E-state index contributed by atoms with van der Waals surface area (Å²) in [5, 5.41) is 9.04. The van der Waals surface area contributed by atoms with Gasteiger partial charge in [-0.3, -0.25) is 0 Å². The summed E-state index contributed by atoms with van der Waals surface area (Å²) in [7, 11) is -4.37. The van der Waals surface area contributed by atoms with Gasteiger partial charge < -0.3 is 18.8 Å². The number of phenols is 1. The number of rotatable bonds is 4. The summed E-state index contributed by atoms with van der Waals surface area (Å²) in [6, 6.07) is 3.28. The fourth-order valence-corrected chi connectivity index (χ4v) is 2.72. The Balaban J connectivity index is 0.000000397. The van der Waals surface area contributed by atoms with E-state index in [1.54, 1.807) is 0 Å². The van der Waals surface area contributed by atoms with Gasteiger partial charge in [0, 0.05) is 0 Å². The van der Waals surface area contributed by atoms with Crippen LogP contribution >= 0.6 is 0 Å². The Bertz CT molecular complexity index is 1250. The lowest BCUT2D eigenvalue weighted by atomic mass is 10.1. The molecular weight excluding hydrogens is 559 g/mol. The molecule has 0 fully saturated rings. The molecule has 0 aliphatic rings. The van der Waals surface area contributed by atoms with Crippen molar-refractivity contribution < 1.29 is 76.3 Å². The highest BCUT2D eigenvalue weighted by atomic mass is 32.2. The smallest absolute Gasteiger partial charge is 0.507 e. The zero-order chi connectivity index (χ0) is 29.0. The van der Waals surface area contributed by atoms with Crippen LogP contribution < -0.4 is 4.18 Å². The maximum Gasteiger partial charge on any atom is 0.534 e. The number of hydrogen-bond donors (Lipinski definition) is 1. The second-order valence-electron chi connectivity index (χ2n) is 6.40. The third kappa shape index (κ3) is 8.16. The number of alkyl halides is 9. The molecule has 0 aromatic heterocycles. The van der Waals surface area contributed by atoms with E-state index >= 15 is 0 Å². The number of ether oxygens (including phenoxy) is 2. The van der Waals surface area contributed by atoms with Gasteiger partial charge in [-0.05, 0) is 36.4 Å². The zero-order valence-electron chi connectivity index (χ0n) is 18.1. The quantitative estimate of drug-likeness (QED) is 0.238. The highest BCUT2D eigenvalue weighted by Gasteiger charge is 2.50. The lowest BCUT2D eigenvalue weighted by Gasteiger charge is -2.15. The maximum absolute atomic E-state index is 12.7. The first-order chi connectivity index (χ1) is 16.7. The number of methoxy groups -OCH3 is 2. The van der Waals surface area contributed by atoms with Crippen LogP contribution in [-0.2, 0) is 31.9 Å². The fourth-order valence-electron chi connectivity index (χ4n) is 2.25. The Kier molecular flexibility index (Phi) is 9.43. The third-order valence-corrected chi connectivity index (χ3v) is 4.88. The molecule has 0 unspecified atom stereocenters. The number of phenolic OH excluding ortho intramolecular Hbond substituents is 1. The van der Waals surface area contributed by atoms with Crippen LogP contribution in [0.2, 0.25) is 0 Å². The van der Waals surface area contributed by atoms with Gasteiger partial charge in [-0.2, -0.15) is 47.9 Å². The number of carbonyl (C=O) groups excluding carboxylic acids is 2. The van der Waals surface area contributed by atoms with Crippen LogP contribution in [-0.4, -0.2) is 45.2 Å². The van der Waals surface area contributed by atoms with Crippen LogP contribution in [0.1, 0.15) is 31.8 Å². The van der Waals surface area contributed by atoms with E-state index in [2.05, 4.69) is 13.7 Å². The first kappa shape index (κ1) is 31.3. The summed E-state index contributed by atoms with van der Waals surface area (Å²) in [4.78, 5) is 22.1. The lowest BCUT2D eigenvalue weighted by Crippen LogP contribution is -2.29. The van der Waals surface area contributed by atoms with Crippen molar-refractivity contribution in [2.75, 3.05) is 14.2 Å². The zero-order valence-corrected chi connectivity index (χ0v) is 18.9. The first-order valence-corrected chi connectivity index (χ1v) is 10.4. The molecule has 0 saturated carbocycles. The van der Waals surface area contributed by atoms with Crippen molar-refractivity contribution >= 4 is 22.1 Å². The molecule has 2 aromatic rings. The predicted molar refractivity (Wildman–Crippen MR) is 103 cm³/mol.